The summed E-state index contributed by atoms with van der Waals surface area (Å²) in [7, 11) is 0. The predicted molar refractivity (Wildman–Crippen MR) is 91.9 cm³/mol. The third kappa shape index (κ3) is 3.00. The highest BCUT2D eigenvalue weighted by atomic mass is 32.1. The van der Waals surface area contributed by atoms with Crippen molar-refractivity contribution in [3.05, 3.63) is 52.5 Å². The van der Waals surface area contributed by atoms with Gasteiger partial charge in [0.05, 0.1) is 26.6 Å². The number of nitrogens with one attached hydrogen (secondary N) is 1. The lowest BCUT2D eigenvalue weighted by molar-refractivity contribution is 1.11. The van der Waals surface area contributed by atoms with Crippen molar-refractivity contribution in [2.75, 3.05) is 11.1 Å². The maximum Gasteiger partial charge on any atom is 0.0907 e. The van der Waals surface area contributed by atoms with Gasteiger partial charge in [0, 0.05) is 6.54 Å². The molecule has 108 valence electrons. The summed E-state index contributed by atoms with van der Waals surface area (Å²) >= 11 is 1.67. The van der Waals surface area contributed by atoms with Crippen LogP contribution in [0.5, 0.6) is 0 Å². The maximum absolute atomic E-state index is 6.12. The molecule has 0 unspecified atom stereocenters. The number of benzene rings is 2. The Morgan fingerprint density at radius 3 is 2.57 bits per heavy atom. The molecule has 0 aliphatic rings. The number of rotatable bonds is 4. The zero-order valence-corrected chi connectivity index (χ0v) is 13.1. The fourth-order valence-corrected chi connectivity index (χ4v) is 3.21. The predicted octanol–water partition coefficient (Wildman–Crippen LogP) is 4.36. The molecule has 2 aromatic carbocycles. The van der Waals surface area contributed by atoms with Crippen LogP contribution in [0.4, 0.5) is 11.4 Å². The monoisotopic (exact) mass is 297 g/mol. The van der Waals surface area contributed by atoms with Gasteiger partial charge in [-0.25, -0.2) is 4.98 Å². The Balaban J connectivity index is 1.78. The Bertz CT molecular complexity index is 760. The topological polar surface area (TPSA) is 50.9 Å². The van der Waals surface area contributed by atoms with Gasteiger partial charge in [-0.05, 0) is 36.6 Å². The molecule has 3 N–H and O–H groups in total. The van der Waals surface area contributed by atoms with Crippen LogP contribution in [0.3, 0.4) is 0 Å². The van der Waals surface area contributed by atoms with Gasteiger partial charge in [0.2, 0.25) is 0 Å². The molecule has 0 spiro atoms. The molecule has 0 aliphatic heterocycles. The minimum absolute atomic E-state index is 0.767. The van der Waals surface area contributed by atoms with E-state index in [2.05, 4.69) is 41.5 Å². The van der Waals surface area contributed by atoms with E-state index in [0.717, 1.165) is 39.6 Å². The summed E-state index contributed by atoms with van der Waals surface area (Å²) in [5, 5.41) is 4.47. The number of anilines is 2. The van der Waals surface area contributed by atoms with Crippen LogP contribution < -0.4 is 11.1 Å². The number of fused-ring (bicyclic) bond motifs is 1. The summed E-state index contributed by atoms with van der Waals surface area (Å²) in [6.07, 6.45) is 1.07. The molecule has 0 atom stereocenters. The van der Waals surface area contributed by atoms with Crippen molar-refractivity contribution in [1.82, 2.24) is 4.98 Å². The van der Waals surface area contributed by atoms with E-state index in [4.69, 9.17) is 5.73 Å². The van der Waals surface area contributed by atoms with Crippen molar-refractivity contribution in [3.8, 4) is 0 Å². The second-order valence-corrected chi connectivity index (χ2v) is 6.40. The first-order valence-corrected chi connectivity index (χ1v) is 7.95. The van der Waals surface area contributed by atoms with Gasteiger partial charge < -0.3 is 11.1 Å². The minimum Gasteiger partial charge on any atom is -0.397 e. The van der Waals surface area contributed by atoms with Gasteiger partial charge in [-0.3, -0.25) is 0 Å². The lowest BCUT2D eigenvalue weighted by Crippen LogP contribution is -2.02. The zero-order valence-electron chi connectivity index (χ0n) is 12.3. The lowest BCUT2D eigenvalue weighted by Gasteiger charge is -2.10. The Hall–Kier alpha value is -2.07. The first-order chi connectivity index (χ1) is 10.2. The fourth-order valence-electron chi connectivity index (χ4n) is 2.35. The number of hydrogen-bond acceptors (Lipinski definition) is 4. The SMILES string of the molecule is CCc1ccc(CNc2cc3nc(C)sc3cc2N)cc1. The van der Waals surface area contributed by atoms with Crippen molar-refractivity contribution >= 4 is 32.9 Å². The van der Waals surface area contributed by atoms with E-state index >= 15 is 0 Å². The quantitative estimate of drug-likeness (QED) is 0.703. The van der Waals surface area contributed by atoms with Crippen LogP contribution >= 0.6 is 11.3 Å². The molecule has 3 rings (SSSR count). The van der Waals surface area contributed by atoms with Gasteiger partial charge in [-0.2, -0.15) is 0 Å². The van der Waals surface area contributed by atoms with Crippen molar-refractivity contribution in [1.29, 1.82) is 0 Å². The first kappa shape index (κ1) is 13.9. The molecule has 0 saturated carbocycles. The third-order valence-electron chi connectivity index (χ3n) is 3.58. The average molecular weight is 297 g/mol. The zero-order chi connectivity index (χ0) is 14.8. The standard InChI is InChI=1S/C17H19N3S/c1-3-12-4-6-13(7-5-12)10-19-15-9-16-17(8-14(15)18)21-11(2)20-16/h4-9,19H,3,10,18H2,1-2H3. The Kier molecular flexibility index (Phi) is 3.80. The van der Waals surface area contributed by atoms with Gasteiger partial charge in [-0.1, -0.05) is 31.2 Å². The lowest BCUT2D eigenvalue weighted by atomic mass is 10.1. The van der Waals surface area contributed by atoms with E-state index in [1.807, 2.05) is 19.1 Å². The Labute approximate surface area is 128 Å². The van der Waals surface area contributed by atoms with Crippen molar-refractivity contribution < 1.29 is 0 Å². The molecule has 1 aromatic heterocycles. The second-order valence-electron chi connectivity index (χ2n) is 5.16. The van der Waals surface area contributed by atoms with E-state index in [9.17, 15) is 0 Å². The number of thiazole rings is 1. The van der Waals surface area contributed by atoms with Gasteiger partial charge in [0.15, 0.2) is 0 Å². The molecule has 0 radical (unpaired) electrons. The van der Waals surface area contributed by atoms with E-state index < -0.39 is 0 Å². The largest absolute Gasteiger partial charge is 0.397 e. The molecular formula is C17H19N3S. The summed E-state index contributed by atoms with van der Waals surface area (Å²) in [6.45, 7) is 4.95. The second kappa shape index (κ2) is 5.74. The number of aromatic nitrogens is 1. The molecule has 3 aromatic rings. The van der Waals surface area contributed by atoms with Crippen LogP contribution in [-0.4, -0.2) is 4.98 Å². The number of hydrogen-bond donors (Lipinski definition) is 2. The molecule has 0 amide bonds. The molecule has 0 saturated heterocycles. The smallest absolute Gasteiger partial charge is 0.0907 e. The third-order valence-corrected chi connectivity index (χ3v) is 4.51. The van der Waals surface area contributed by atoms with Gasteiger partial charge >= 0.3 is 0 Å². The van der Waals surface area contributed by atoms with E-state index in [1.165, 1.54) is 11.1 Å². The minimum atomic E-state index is 0.767. The van der Waals surface area contributed by atoms with E-state index in [1.54, 1.807) is 11.3 Å². The highest BCUT2D eigenvalue weighted by Crippen LogP contribution is 2.29. The van der Waals surface area contributed by atoms with Crippen molar-refractivity contribution in [2.24, 2.45) is 0 Å². The van der Waals surface area contributed by atoms with Crippen LogP contribution in [0.25, 0.3) is 10.2 Å². The van der Waals surface area contributed by atoms with Crippen LogP contribution in [0.2, 0.25) is 0 Å². The molecule has 0 fully saturated rings. The van der Waals surface area contributed by atoms with Gasteiger partial charge in [0.25, 0.3) is 0 Å². The fraction of sp³-hybridized carbons (Fsp3) is 0.235. The van der Waals surface area contributed by atoms with Crippen LogP contribution in [0, 0.1) is 6.92 Å². The van der Waals surface area contributed by atoms with Crippen LogP contribution in [-0.2, 0) is 13.0 Å². The van der Waals surface area contributed by atoms with Gasteiger partial charge in [-0.15, -0.1) is 11.3 Å². The Morgan fingerprint density at radius 1 is 1.14 bits per heavy atom. The molecule has 0 aliphatic carbocycles. The van der Waals surface area contributed by atoms with Gasteiger partial charge in [0.1, 0.15) is 0 Å². The van der Waals surface area contributed by atoms with Crippen LogP contribution in [0.15, 0.2) is 36.4 Å². The number of nitrogens with zero attached hydrogens (tertiary/aromatic N) is 1. The molecule has 0 bridgehead atoms. The van der Waals surface area contributed by atoms with E-state index in [-0.39, 0.29) is 0 Å². The number of nitrogen functional groups attached to an aromatic ring is 1. The number of aryl methyl sites for hydroxylation is 2. The summed E-state index contributed by atoms with van der Waals surface area (Å²) in [5.41, 5.74) is 11.5. The Morgan fingerprint density at radius 2 is 1.86 bits per heavy atom. The van der Waals surface area contributed by atoms with E-state index in [0.29, 0.717) is 0 Å². The van der Waals surface area contributed by atoms with Crippen LogP contribution in [0.1, 0.15) is 23.1 Å². The summed E-state index contributed by atoms with van der Waals surface area (Å²) in [4.78, 5) is 4.52. The molecule has 21 heavy (non-hydrogen) atoms. The summed E-state index contributed by atoms with van der Waals surface area (Å²) < 4.78 is 1.14. The highest BCUT2D eigenvalue weighted by Gasteiger charge is 2.06. The van der Waals surface area contributed by atoms with Crippen molar-refractivity contribution in [3.63, 3.8) is 0 Å². The van der Waals surface area contributed by atoms with Crippen molar-refractivity contribution in [2.45, 2.75) is 26.8 Å². The summed E-state index contributed by atoms with van der Waals surface area (Å²) in [6, 6.07) is 12.7. The normalized spacial score (nSPS) is 11.0. The summed E-state index contributed by atoms with van der Waals surface area (Å²) in [5.74, 6) is 0. The molecule has 1 heterocycles. The highest BCUT2D eigenvalue weighted by molar-refractivity contribution is 7.18. The average Bonchev–Trinajstić information content (AvgIpc) is 2.84. The molecular weight excluding hydrogens is 278 g/mol. The molecule has 4 heteroatoms. The molecule has 3 nitrogen and oxygen atoms in total. The number of nitrogens with two attached hydrogens (primary N) is 1. The maximum atomic E-state index is 6.12. The first-order valence-electron chi connectivity index (χ1n) is 7.14.